The molecule has 3 rings (SSSR count). The van der Waals surface area contributed by atoms with Crippen molar-refractivity contribution in [3.8, 4) is 5.75 Å². The number of nitrogens with zero attached hydrogens (tertiary/aromatic N) is 1. The van der Waals surface area contributed by atoms with Crippen LogP contribution < -0.4 is 9.04 Å². The van der Waals surface area contributed by atoms with Gasteiger partial charge in [-0.3, -0.25) is 4.31 Å². The third-order valence-electron chi connectivity index (χ3n) is 3.92. The van der Waals surface area contributed by atoms with E-state index >= 15 is 0 Å². The highest BCUT2D eigenvalue weighted by Gasteiger charge is 2.38. The zero-order valence-electron chi connectivity index (χ0n) is 12.9. The van der Waals surface area contributed by atoms with Gasteiger partial charge in [-0.05, 0) is 18.2 Å². The molecule has 2 aromatic rings. The van der Waals surface area contributed by atoms with Crippen molar-refractivity contribution in [2.24, 2.45) is 0 Å². The molecule has 0 saturated carbocycles. The van der Waals surface area contributed by atoms with Crippen molar-refractivity contribution in [3.05, 3.63) is 52.0 Å². The van der Waals surface area contributed by atoms with Gasteiger partial charge in [-0.1, -0.05) is 41.4 Å². The molecule has 1 aliphatic heterocycles. The number of benzene rings is 2. The fraction of sp³-hybridized carbons (Fsp3) is 0.188. The monoisotopic (exact) mass is 401 g/mol. The maximum Gasteiger partial charge on any atom is 0.345 e. The van der Waals surface area contributed by atoms with Gasteiger partial charge in [0.2, 0.25) is 0 Å². The van der Waals surface area contributed by atoms with Gasteiger partial charge >= 0.3 is 5.97 Å². The highest BCUT2D eigenvalue weighted by molar-refractivity contribution is 7.92. The zero-order chi connectivity index (χ0) is 18.4. The second-order valence-corrected chi connectivity index (χ2v) is 8.16. The van der Waals surface area contributed by atoms with E-state index in [1.165, 1.54) is 13.1 Å². The molecule has 132 valence electrons. The van der Waals surface area contributed by atoms with Crippen molar-refractivity contribution in [2.75, 3.05) is 11.4 Å². The molecule has 0 radical (unpaired) electrons. The van der Waals surface area contributed by atoms with E-state index in [1.807, 2.05) is 0 Å². The number of sulfonamides is 1. The summed E-state index contributed by atoms with van der Waals surface area (Å²) in [4.78, 5) is 11.1. The number of fused-ring (bicyclic) bond motifs is 1. The van der Waals surface area contributed by atoms with Gasteiger partial charge in [-0.2, -0.15) is 0 Å². The highest BCUT2D eigenvalue weighted by atomic mass is 35.5. The Bertz CT molecular complexity index is 947. The molecule has 0 fully saturated rings. The summed E-state index contributed by atoms with van der Waals surface area (Å²) in [5.74, 6) is -1.20. The van der Waals surface area contributed by atoms with E-state index in [0.29, 0.717) is 5.69 Å². The Morgan fingerprint density at radius 1 is 1.28 bits per heavy atom. The molecule has 1 atom stereocenters. The van der Waals surface area contributed by atoms with Gasteiger partial charge in [0.25, 0.3) is 10.0 Å². The molecule has 1 N–H and O–H groups in total. The van der Waals surface area contributed by atoms with Crippen LogP contribution in [0.25, 0.3) is 0 Å². The highest BCUT2D eigenvalue weighted by Crippen LogP contribution is 2.44. The first-order chi connectivity index (χ1) is 11.7. The normalized spacial score (nSPS) is 16.2. The number of aliphatic carboxylic acids is 1. The van der Waals surface area contributed by atoms with E-state index < -0.39 is 22.1 Å². The van der Waals surface area contributed by atoms with Crippen molar-refractivity contribution >= 4 is 44.9 Å². The standard InChI is InChI=1S/C16H13Cl2NO5S/c1-19(9-5-3-2-4-6-9)25(22,23)13-8-11(17)14(18)15-10(13)7-12(24-15)16(20)21/h2-6,8,12H,7H2,1H3,(H,20,21). The Morgan fingerprint density at radius 2 is 1.92 bits per heavy atom. The van der Waals surface area contributed by atoms with Crippen LogP contribution in [0.5, 0.6) is 5.75 Å². The molecule has 0 bridgehead atoms. The van der Waals surface area contributed by atoms with Crippen LogP contribution in [0.3, 0.4) is 0 Å². The lowest BCUT2D eigenvalue weighted by molar-refractivity contribution is -0.144. The molecular weight excluding hydrogens is 389 g/mol. The summed E-state index contributed by atoms with van der Waals surface area (Å²) < 4.78 is 32.5. The molecule has 6 nitrogen and oxygen atoms in total. The number of rotatable bonds is 4. The van der Waals surface area contributed by atoms with Crippen LogP contribution in [0.2, 0.25) is 10.0 Å². The number of halogens is 2. The number of carbonyl (C=O) groups is 1. The quantitative estimate of drug-likeness (QED) is 0.849. The van der Waals surface area contributed by atoms with Gasteiger partial charge in [0.1, 0.15) is 10.8 Å². The van der Waals surface area contributed by atoms with Gasteiger partial charge in [0.15, 0.2) is 6.10 Å². The molecule has 0 amide bonds. The lowest BCUT2D eigenvalue weighted by Crippen LogP contribution is -2.28. The molecule has 1 aliphatic rings. The summed E-state index contributed by atoms with van der Waals surface area (Å²) >= 11 is 12.1. The first-order valence-corrected chi connectivity index (χ1v) is 9.37. The van der Waals surface area contributed by atoms with E-state index in [-0.39, 0.29) is 32.7 Å². The molecular formula is C16H13Cl2NO5S. The van der Waals surface area contributed by atoms with E-state index in [0.717, 1.165) is 4.31 Å². The Morgan fingerprint density at radius 3 is 2.52 bits per heavy atom. The average Bonchev–Trinajstić information content (AvgIpc) is 3.03. The maximum absolute atomic E-state index is 13.1. The fourth-order valence-electron chi connectivity index (χ4n) is 2.60. The first kappa shape index (κ1) is 17.8. The van der Waals surface area contributed by atoms with Crippen molar-refractivity contribution < 1.29 is 23.1 Å². The zero-order valence-corrected chi connectivity index (χ0v) is 15.3. The van der Waals surface area contributed by atoms with Crippen LogP contribution in [-0.2, 0) is 21.2 Å². The third kappa shape index (κ3) is 3.03. The topological polar surface area (TPSA) is 83.9 Å². The minimum atomic E-state index is -3.99. The number of para-hydroxylation sites is 1. The lowest BCUT2D eigenvalue weighted by Gasteiger charge is -2.21. The second-order valence-electron chi connectivity index (χ2n) is 5.44. The van der Waals surface area contributed by atoms with Crippen molar-refractivity contribution in [1.82, 2.24) is 0 Å². The molecule has 25 heavy (non-hydrogen) atoms. The SMILES string of the molecule is CN(c1ccccc1)S(=O)(=O)c1cc(Cl)c(Cl)c2c1CC(C(=O)O)O2. The predicted octanol–water partition coefficient (Wildman–Crippen LogP) is 3.21. The summed E-state index contributed by atoms with van der Waals surface area (Å²) in [6, 6.07) is 9.71. The summed E-state index contributed by atoms with van der Waals surface area (Å²) in [7, 11) is -2.58. The van der Waals surface area contributed by atoms with Crippen LogP contribution in [0.4, 0.5) is 5.69 Å². The Hall–Kier alpha value is -1.96. The number of ether oxygens (including phenoxy) is 1. The van der Waals surface area contributed by atoms with Crippen LogP contribution in [0, 0.1) is 0 Å². The number of carboxylic acid groups (broad SMARTS) is 1. The predicted molar refractivity (Wildman–Crippen MR) is 94.2 cm³/mol. The van der Waals surface area contributed by atoms with E-state index in [9.17, 15) is 13.2 Å². The van der Waals surface area contributed by atoms with E-state index in [1.54, 1.807) is 30.3 Å². The van der Waals surface area contributed by atoms with E-state index in [4.69, 9.17) is 33.0 Å². The van der Waals surface area contributed by atoms with Gasteiger partial charge in [-0.15, -0.1) is 0 Å². The molecule has 1 unspecified atom stereocenters. The van der Waals surface area contributed by atoms with Gasteiger partial charge < -0.3 is 9.84 Å². The smallest absolute Gasteiger partial charge is 0.345 e. The molecule has 0 aromatic heterocycles. The third-order valence-corrected chi connectivity index (χ3v) is 6.54. The molecule has 1 heterocycles. The fourth-order valence-corrected chi connectivity index (χ4v) is 4.52. The van der Waals surface area contributed by atoms with Gasteiger partial charge in [-0.25, -0.2) is 13.2 Å². The number of hydrogen-bond acceptors (Lipinski definition) is 4. The van der Waals surface area contributed by atoms with E-state index in [2.05, 4.69) is 0 Å². The number of anilines is 1. The van der Waals surface area contributed by atoms with Crippen molar-refractivity contribution in [2.45, 2.75) is 17.4 Å². The Labute approximate surface area is 154 Å². The lowest BCUT2D eigenvalue weighted by atomic mass is 10.1. The summed E-state index contributed by atoms with van der Waals surface area (Å²) in [6.07, 6.45) is -1.32. The molecule has 0 saturated heterocycles. The van der Waals surface area contributed by atoms with Gasteiger partial charge in [0.05, 0.1) is 15.6 Å². The van der Waals surface area contributed by atoms with Crippen molar-refractivity contribution in [3.63, 3.8) is 0 Å². The second kappa shape index (κ2) is 6.40. The molecule has 0 spiro atoms. The first-order valence-electron chi connectivity index (χ1n) is 7.17. The minimum absolute atomic E-state index is 0.00148. The minimum Gasteiger partial charge on any atom is -0.478 e. The Kier molecular flexibility index (Phi) is 4.57. The summed E-state index contributed by atoms with van der Waals surface area (Å²) in [6.45, 7) is 0. The molecule has 2 aromatic carbocycles. The maximum atomic E-state index is 13.1. The number of hydrogen-bond donors (Lipinski definition) is 1. The number of carboxylic acids is 1. The van der Waals surface area contributed by atoms with Gasteiger partial charge in [0, 0.05) is 19.0 Å². The van der Waals surface area contributed by atoms with Crippen LogP contribution in [-0.4, -0.2) is 32.6 Å². The van der Waals surface area contributed by atoms with Crippen molar-refractivity contribution in [1.29, 1.82) is 0 Å². The Balaban J connectivity index is 2.14. The van der Waals surface area contributed by atoms with Crippen LogP contribution in [0.15, 0.2) is 41.3 Å². The van der Waals surface area contributed by atoms with Crippen LogP contribution in [0.1, 0.15) is 5.56 Å². The molecule has 0 aliphatic carbocycles. The van der Waals surface area contributed by atoms with Crippen LogP contribution >= 0.6 is 23.2 Å². The summed E-state index contributed by atoms with van der Waals surface area (Å²) in [5.41, 5.74) is 0.667. The largest absolute Gasteiger partial charge is 0.478 e. The average molecular weight is 402 g/mol. The summed E-state index contributed by atoms with van der Waals surface area (Å²) in [5, 5.41) is 9.15. The molecule has 9 heteroatoms.